The molecule has 0 aliphatic carbocycles. The van der Waals surface area contributed by atoms with E-state index in [4.69, 9.17) is 5.73 Å². The Morgan fingerprint density at radius 2 is 1.90 bits per heavy atom. The first-order valence-corrected chi connectivity index (χ1v) is 11.3. The van der Waals surface area contributed by atoms with Crippen molar-refractivity contribution in [2.24, 2.45) is 0 Å². The molecule has 0 bridgehead atoms. The smallest absolute Gasteiger partial charge is 0.220 e. The fourth-order valence-corrected chi connectivity index (χ4v) is 5.56. The Bertz CT molecular complexity index is 1230. The van der Waals surface area contributed by atoms with Crippen molar-refractivity contribution < 1.29 is 5.11 Å². The van der Waals surface area contributed by atoms with Gasteiger partial charge in [0.25, 0.3) is 0 Å². The normalized spacial score (nSPS) is 15.9. The minimum atomic E-state index is 0.0936. The molecule has 4 N–H and O–H groups in total. The van der Waals surface area contributed by atoms with Crippen molar-refractivity contribution in [2.75, 3.05) is 31.9 Å². The number of anilines is 1. The second kappa shape index (κ2) is 8.26. The third-order valence-corrected chi connectivity index (χ3v) is 7.18. The van der Waals surface area contributed by atoms with Crippen molar-refractivity contribution in [3.8, 4) is 16.3 Å². The van der Waals surface area contributed by atoms with Gasteiger partial charge in [-0.3, -0.25) is 4.90 Å². The molecule has 0 saturated carbocycles. The molecule has 3 heterocycles. The Morgan fingerprint density at radius 1 is 1.10 bits per heavy atom. The van der Waals surface area contributed by atoms with Gasteiger partial charge in [-0.25, -0.2) is 9.97 Å². The van der Waals surface area contributed by atoms with E-state index in [2.05, 4.69) is 51.4 Å². The largest absolute Gasteiger partial charge is 0.508 e. The quantitative estimate of drug-likeness (QED) is 0.454. The molecule has 1 aliphatic rings. The average molecular weight is 432 g/mol. The average Bonchev–Trinajstić information content (AvgIpc) is 3.11. The second-order valence-electron chi connectivity index (χ2n) is 7.90. The zero-order valence-corrected chi connectivity index (χ0v) is 18.2. The van der Waals surface area contributed by atoms with Crippen LogP contribution < -0.4 is 11.1 Å². The van der Waals surface area contributed by atoms with Gasteiger partial charge in [0.2, 0.25) is 5.95 Å². The standard InChI is InChI=1S/C24H25N5OS/c1-15-19-14-17(5-6-21(19)31-23(15)20-7-8-27-24(25)28-20)22(29-11-9-26-10-12-29)16-3-2-4-18(30)13-16/h2-8,13-14,22,26,30H,9-12H2,1H3,(H2,25,27,28). The third kappa shape index (κ3) is 3.87. The van der Waals surface area contributed by atoms with Crippen LogP contribution in [0.3, 0.4) is 0 Å². The number of aromatic nitrogens is 2. The molecule has 1 unspecified atom stereocenters. The summed E-state index contributed by atoms with van der Waals surface area (Å²) in [7, 11) is 0. The Morgan fingerprint density at radius 3 is 2.68 bits per heavy atom. The molecular weight excluding hydrogens is 406 g/mol. The number of nitrogens with two attached hydrogens (primary N) is 1. The molecule has 1 fully saturated rings. The minimum absolute atomic E-state index is 0.0936. The highest BCUT2D eigenvalue weighted by Crippen LogP contribution is 2.40. The predicted octanol–water partition coefficient (Wildman–Crippen LogP) is 3.95. The number of nitrogens with one attached hydrogen (secondary N) is 1. The molecule has 2 aromatic carbocycles. The van der Waals surface area contributed by atoms with E-state index in [0.717, 1.165) is 42.3 Å². The Hall–Kier alpha value is -3.00. The summed E-state index contributed by atoms with van der Waals surface area (Å²) >= 11 is 1.73. The molecule has 0 spiro atoms. The van der Waals surface area contributed by atoms with Crippen LogP contribution >= 0.6 is 11.3 Å². The van der Waals surface area contributed by atoms with E-state index in [1.165, 1.54) is 21.2 Å². The summed E-state index contributed by atoms with van der Waals surface area (Å²) in [6.45, 7) is 6.01. The molecule has 7 heteroatoms. The number of aryl methyl sites for hydroxylation is 1. The van der Waals surface area contributed by atoms with Crippen molar-refractivity contribution in [1.29, 1.82) is 0 Å². The monoisotopic (exact) mass is 431 g/mol. The maximum Gasteiger partial charge on any atom is 0.220 e. The number of benzene rings is 2. The van der Waals surface area contributed by atoms with Crippen LogP contribution in [0.1, 0.15) is 22.7 Å². The Labute approximate surface area is 185 Å². The Kier molecular flexibility index (Phi) is 5.31. The van der Waals surface area contributed by atoms with E-state index in [9.17, 15) is 5.11 Å². The molecule has 2 aromatic heterocycles. The highest BCUT2D eigenvalue weighted by Gasteiger charge is 2.25. The predicted molar refractivity (Wildman–Crippen MR) is 126 cm³/mol. The lowest BCUT2D eigenvalue weighted by Gasteiger charge is -2.35. The van der Waals surface area contributed by atoms with Gasteiger partial charge in [-0.1, -0.05) is 18.2 Å². The zero-order chi connectivity index (χ0) is 21.4. The van der Waals surface area contributed by atoms with E-state index in [0.29, 0.717) is 5.75 Å². The van der Waals surface area contributed by atoms with E-state index in [-0.39, 0.29) is 12.0 Å². The van der Waals surface area contributed by atoms with Crippen LogP contribution in [0.5, 0.6) is 5.75 Å². The number of rotatable bonds is 4. The van der Waals surface area contributed by atoms with Crippen molar-refractivity contribution >= 4 is 27.4 Å². The fraction of sp³-hybridized carbons (Fsp3) is 0.250. The van der Waals surface area contributed by atoms with Gasteiger partial charge in [0.05, 0.1) is 16.6 Å². The van der Waals surface area contributed by atoms with Gasteiger partial charge < -0.3 is 16.2 Å². The molecular formula is C24H25N5OS. The lowest BCUT2D eigenvalue weighted by Crippen LogP contribution is -2.45. The highest BCUT2D eigenvalue weighted by molar-refractivity contribution is 7.22. The Balaban J connectivity index is 1.62. The molecule has 1 saturated heterocycles. The second-order valence-corrected chi connectivity index (χ2v) is 8.95. The highest BCUT2D eigenvalue weighted by atomic mass is 32.1. The number of nitrogens with zero attached hydrogens (tertiary/aromatic N) is 3. The van der Waals surface area contributed by atoms with Gasteiger partial charge in [0, 0.05) is 37.1 Å². The van der Waals surface area contributed by atoms with Crippen molar-refractivity contribution in [3.63, 3.8) is 0 Å². The number of nitrogen functional groups attached to an aromatic ring is 1. The molecule has 5 rings (SSSR count). The number of thiophene rings is 1. The molecule has 31 heavy (non-hydrogen) atoms. The van der Waals surface area contributed by atoms with Gasteiger partial charge in [0.1, 0.15) is 5.75 Å². The summed E-state index contributed by atoms with van der Waals surface area (Å²) in [4.78, 5) is 12.0. The van der Waals surface area contributed by atoms with Crippen molar-refractivity contribution in [1.82, 2.24) is 20.2 Å². The van der Waals surface area contributed by atoms with E-state index < -0.39 is 0 Å². The maximum absolute atomic E-state index is 10.1. The van der Waals surface area contributed by atoms with Crippen LogP contribution in [0, 0.1) is 6.92 Å². The lowest BCUT2D eigenvalue weighted by molar-refractivity contribution is 0.198. The van der Waals surface area contributed by atoms with Crippen LogP contribution in [0.15, 0.2) is 54.7 Å². The fourth-order valence-electron chi connectivity index (χ4n) is 4.40. The first-order valence-electron chi connectivity index (χ1n) is 10.5. The third-order valence-electron chi connectivity index (χ3n) is 5.89. The van der Waals surface area contributed by atoms with Crippen LogP contribution in [0.4, 0.5) is 5.95 Å². The van der Waals surface area contributed by atoms with E-state index in [1.807, 2.05) is 18.2 Å². The molecule has 1 aliphatic heterocycles. The number of aromatic hydroxyl groups is 1. The van der Waals surface area contributed by atoms with E-state index in [1.54, 1.807) is 23.6 Å². The van der Waals surface area contributed by atoms with Gasteiger partial charge in [-0.15, -0.1) is 11.3 Å². The molecule has 0 amide bonds. The molecule has 158 valence electrons. The number of hydrogen-bond donors (Lipinski definition) is 3. The summed E-state index contributed by atoms with van der Waals surface area (Å²) in [5.41, 5.74) is 10.2. The van der Waals surface area contributed by atoms with Crippen LogP contribution in [0.25, 0.3) is 20.7 Å². The van der Waals surface area contributed by atoms with Gasteiger partial charge in [0.15, 0.2) is 0 Å². The first-order chi connectivity index (χ1) is 15.1. The SMILES string of the molecule is Cc1c(-c2ccnc(N)n2)sc2ccc(C(c3cccc(O)c3)N3CCNCC3)cc12. The number of piperazine rings is 1. The summed E-state index contributed by atoms with van der Waals surface area (Å²) in [5, 5.41) is 14.8. The minimum Gasteiger partial charge on any atom is -0.508 e. The molecule has 0 radical (unpaired) electrons. The van der Waals surface area contributed by atoms with Crippen LogP contribution in [-0.2, 0) is 0 Å². The number of phenols is 1. The van der Waals surface area contributed by atoms with Crippen molar-refractivity contribution in [3.05, 3.63) is 71.4 Å². The molecule has 1 atom stereocenters. The lowest BCUT2D eigenvalue weighted by atomic mass is 9.94. The van der Waals surface area contributed by atoms with Crippen molar-refractivity contribution in [2.45, 2.75) is 13.0 Å². The summed E-state index contributed by atoms with van der Waals surface area (Å²) in [6, 6.07) is 16.4. The van der Waals surface area contributed by atoms with Gasteiger partial charge in [-0.2, -0.15) is 0 Å². The number of phenolic OH excluding ortho intramolecular Hbond substituents is 1. The molecule has 4 aromatic rings. The first kappa shape index (κ1) is 19.9. The van der Waals surface area contributed by atoms with Gasteiger partial charge in [-0.05, 0) is 59.3 Å². The topological polar surface area (TPSA) is 87.3 Å². The van der Waals surface area contributed by atoms with Crippen LogP contribution in [-0.4, -0.2) is 46.2 Å². The number of hydrogen-bond acceptors (Lipinski definition) is 7. The zero-order valence-electron chi connectivity index (χ0n) is 17.4. The number of fused-ring (bicyclic) bond motifs is 1. The summed E-state index contributed by atoms with van der Waals surface area (Å²) in [6.07, 6.45) is 1.70. The summed E-state index contributed by atoms with van der Waals surface area (Å²) in [5.74, 6) is 0.590. The summed E-state index contributed by atoms with van der Waals surface area (Å²) < 4.78 is 1.23. The van der Waals surface area contributed by atoms with E-state index >= 15 is 0 Å². The maximum atomic E-state index is 10.1. The molecule has 6 nitrogen and oxygen atoms in total. The van der Waals surface area contributed by atoms with Crippen LogP contribution in [0.2, 0.25) is 0 Å². The van der Waals surface area contributed by atoms with Gasteiger partial charge >= 0.3 is 0 Å².